The third kappa shape index (κ3) is 5.22. The van der Waals surface area contributed by atoms with Crippen LogP contribution in [0.25, 0.3) is 10.2 Å². The average molecular weight is 418 g/mol. The summed E-state index contributed by atoms with van der Waals surface area (Å²) in [5.41, 5.74) is 0.904. The molecule has 0 aliphatic carbocycles. The van der Waals surface area contributed by atoms with Crippen LogP contribution in [0.15, 0.2) is 48.5 Å². The number of anilines is 1. The molecule has 0 N–H and O–H groups in total. The van der Waals surface area contributed by atoms with E-state index in [1.807, 2.05) is 24.3 Å². The highest BCUT2D eigenvalue weighted by Gasteiger charge is 2.21. The zero-order valence-electron chi connectivity index (χ0n) is 16.1. The molecule has 0 saturated heterocycles. The second-order valence-corrected chi connectivity index (χ2v) is 7.72. The second kappa shape index (κ2) is 9.87. The monoisotopic (exact) mass is 417 g/mol. The van der Waals surface area contributed by atoms with Crippen molar-refractivity contribution in [1.29, 1.82) is 0 Å². The Hall–Kier alpha value is -2.15. The van der Waals surface area contributed by atoms with Crippen LogP contribution in [0.4, 0.5) is 5.13 Å². The minimum Gasteiger partial charge on any atom is -0.484 e. The number of para-hydroxylation sites is 1. The number of hydrogen-bond acceptors (Lipinski definition) is 5. The van der Waals surface area contributed by atoms with Gasteiger partial charge in [0.05, 0.1) is 10.2 Å². The summed E-state index contributed by atoms with van der Waals surface area (Å²) < 4.78 is 6.74. The van der Waals surface area contributed by atoms with Crippen molar-refractivity contribution in [3.05, 3.63) is 53.6 Å². The van der Waals surface area contributed by atoms with Gasteiger partial charge in [-0.05, 0) is 49.5 Å². The first-order valence-corrected chi connectivity index (χ1v) is 10.6. The van der Waals surface area contributed by atoms with E-state index in [1.54, 1.807) is 29.2 Å². The molecule has 148 valence electrons. The van der Waals surface area contributed by atoms with Gasteiger partial charge in [0.2, 0.25) is 0 Å². The summed E-state index contributed by atoms with van der Waals surface area (Å²) in [6.07, 6.45) is 0. The smallest absolute Gasteiger partial charge is 0.266 e. The maximum absolute atomic E-state index is 13.0. The standard InChI is InChI=1S/C21H24ClN3O2S/c1-3-24(4-2)13-14-25(21-23-18-7-5-6-8-19(18)28-21)20(26)15-27-17-11-9-16(22)10-12-17/h5-12H,3-4,13-15H2,1-2H3. The van der Waals surface area contributed by atoms with Crippen LogP contribution in [-0.4, -0.2) is 48.6 Å². The van der Waals surface area contributed by atoms with Crippen molar-refractivity contribution >= 4 is 44.2 Å². The molecule has 2 aromatic carbocycles. The summed E-state index contributed by atoms with van der Waals surface area (Å²) in [7, 11) is 0. The normalized spacial score (nSPS) is 11.1. The van der Waals surface area contributed by atoms with E-state index in [9.17, 15) is 4.79 Å². The van der Waals surface area contributed by atoms with E-state index in [4.69, 9.17) is 16.3 Å². The Balaban J connectivity index is 1.75. The number of benzene rings is 2. The van der Waals surface area contributed by atoms with Gasteiger partial charge in [-0.15, -0.1) is 0 Å². The Bertz CT molecular complexity index is 876. The number of thiazole rings is 1. The quantitative estimate of drug-likeness (QED) is 0.506. The summed E-state index contributed by atoms with van der Waals surface area (Å²) >= 11 is 7.43. The summed E-state index contributed by atoms with van der Waals surface area (Å²) in [4.78, 5) is 21.7. The highest BCUT2D eigenvalue weighted by molar-refractivity contribution is 7.22. The van der Waals surface area contributed by atoms with Crippen molar-refractivity contribution in [1.82, 2.24) is 9.88 Å². The van der Waals surface area contributed by atoms with Crippen molar-refractivity contribution in [3.8, 4) is 5.75 Å². The molecule has 1 aromatic heterocycles. The summed E-state index contributed by atoms with van der Waals surface area (Å²) in [5, 5.41) is 1.34. The minimum absolute atomic E-state index is 0.0458. The molecular weight excluding hydrogens is 394 g/mol. The van der Waals surface area contributed by atoms with Crippen LogP contribution >= 0.6 is 22.9 Å². The molecule has 0 radical (unpaired) electrons. The molecule has 0 aliphatic heterocycles. The molecule has 0 unspecified atom stereocenters. The van der Waals surface area contributed by atoms with Crippen molar-refractivity contribution in [2.75, 3.05) is 37.7 Å². The molecular formula is C21H24ClN3O2S. The largest absolute Gasteiger partial charge is 0.484 e. The number of ether oxygens (including phenoxy) is 1. The van der Waals surface area contributed by atoms with E-state index in [0.717, 1.165) is 29.9 Å². The van der Waals surface area contributed by atoms with E-state index in [1.165, 1.54) is 11.3 Å². The number of aromatic nitrogens is 1. The zero-order chi connectivity index (χ0) is 19.9. The van der Waals surface area contributed by atoms with Gasteiger partial charge in [-0.2, -0.15) is 0 Å². The lowest BCUT2D eigenvalue weighted by molar-refractivity contribution is -0.120. The Morgan fingerprint density at radius 1 is 1.07 bits per heavy atom. The third-order valence-electron chi connectivity index (χ3n) is 4.52. The predicted molar refractivity (Wildman–Crippen MR) is 117 cm³/mol. The maximum atomic E-state index is 13.0. The van der Waals surface area contributed by atoms with E-state index in [-0.39, 0.29) is 12.5 Å². The van der Waals surface area contributed by atoms with Crippen LogP contribution in [-0.2, 0) is 4.79 Å². The average Bonchev–Trinajstić information content (AvgIpc) is 3.14. The molecule has 0 fully saturated rings. The molecule has 7 heteroatoms. The summed E-state index contributed by atoms with van der Waals surface area (Å²) in [6, 6.07) is 14.9. The number of likely N-dealkylation sites (N-methyl/N-ethyl adjacent to an activating group) is 1. The van der Waals surface area contributed by atoms with Crippen LogP contribution in [0, 0.1) is 0 Å². The number of hydrogen-bond donors (Lipinski definition) is 0. The van der Waals surface area contributed by atoms with Crippen molar-refractivity contribution in [3.63, 3.8) is 0 Å². The molecule has 1 amide bonds. The zero-order valence-corrected chi connectivity index (χ0v) is 17.7. The van der Waals surface area contributed by atoms with Gasteiger partial charge in [0.15, 0.2) is 11.7 Å². The van der Waals surface area contributed by atoms with Gasteiger partial charge in [-0.25, -0.2) is 4.98 Å². The van der Waals surface area contributed by atoms with Gasteiger partial charge in [0.1, 0.15) is 5.75 Å². The van der Waals surface area contributed by atoms with Gasteiger partial charge in [0, 0.05) is 18.1 Å². The van der Waals surface area contributed by atoms with Gasteiger partial charge >= 0.3 is 0 Å². The predicted octanol–water partition coefficient (Wildman–Crippen LogP) is 4.70. The molecule has 1 heterocycles. The lowest BCUT2D eigenvalue weighted by Crippen LogP contribution is -2.41. The van der Waals surface area contributed by atoms with Crippen LogP contribution in [0.3, 0.4) is 0 Å². The molecule has 3 rings (SSSR count). The number of amides is 1. The molecule has 0 atom stereocenters. The fraction of sp³-hybridized carbons (Fsp3) is 0.333. The van der Waals surface area contributed by atoms with Crippen molar-refractivity contribution < 1.29 is 9.53 Å². The highest BCUT2D eigenvalue weighted by Crippen LogP contribution is 2.28. The Morgan fingerprint density at radius 2 is 1.79 bits per heavy atom. The second-order valence-electron chi connectivity index (χ2n) is 6.28. The van der Waals surface area contributed by atoms with E-state index < -0.39 is 0 Å². The molecule has 0 aliphatic rings. The highest BCUT2D eigenvalue weighted by atomic mass is 35.5. The molecule has 28 heavy (non-hydrogen) atoms. The van der Waals surface area contributed by atoms with Crippen LogP contribution < -0.4 is 9.64 Å². The Morgan fingerprint density at radius 3 is 2.46 bits per heavy atom. The first kappa shape index (κ1) is 20.6. The van der Waals surface area contributed by atoms with E-state index in [2.05, 4.69) is 23.7 Å². The van der Waals surface area contributed by atoms with Gasteiger partial charge in [-0.1, -0.05) is 48.9 Å². The Labute approximate surface area is 174 Å². The fourth-order valence-electron chi connectivity index (χ4n) is 2.84. The number of carbonyl (C=O) groups is 1. The van der Waals surface area contributed by atoms with E-state index >= 15 is 0 Å². The van der Waals surface area contributed by atoms with Gasteiger partial charge in [-0.3, -0.25) is 9.69 Å². The molecule has 5 nitrogen and oxygen atoms in total. The Kier molecular flexibility index (Phi) is 7.25. The number of halogens is 1. The minimum atomic E-state index is -0.110. The third-order valence-corrected chi connectivity index (χ3v) is 5.84. The molecule has 3 aromatic rings. The lowest BCUT2D eigenvalue weighted by atomic mass is 10.3. The van der Waals surface area contributed by atoms with Gasteiger partial charge < -0.3 is 9.64 Å². The topological polar surface area (TPSA) is 45.7 Å². The van der Waals surface area contributed by atoms with Crippen LogP contribution in [0.1, 0.15) is 13.8 Å². The number of fused-ring (bicyclic) bond motifs is 1. The van der Waals surface area contributed by atoms with Gasteiger partial charge in [0.25, 0.3) is 5.91 Å². The first-order valence-electron chi connectivity index (χ1n) is 9.37. The molecule has 0 bridgehead atoms. The van der Waals surface area contributed by atoms with Crippen molar-refractivity contribution in [2.45, 2.75) is 13.8 Å². The van der Waals surface area contributed by atoms with Crippen molar-refractivity contribution in [2.24, 2.45) is 0 Å². The lowest BCUT2D eigenvalue weighted by Gasteiger charge is -2.24. The first-order chi connectivity index (χ1) is 13.6. The number of rotatable bonds is 9. The van der Waals surface area contributed by atoms with Crippen LogP contribution in [0.2, 0.25) is 5.02 Å². The number of carbonyl (C=O) groups excluding carboxylic acids is 1. The van der Waals surface area contributed by atoms with Crippen LogP contribution in [0.5, 0.6) is 5.75 Å². The summed E-state index contributed by atoms with van der Waals surface area (Å²) in [5.74, 6) is 0.506. The number of nitrogens with zero attached hydrogens (tertiary/aromatic N) is 3. The van der Waals surface area contributed by atoms with E-state index in [0.29, 0.717) is 22.4 Å². The SMILES string of the molecule is CCN(CC)CCN(C(=O)COc1ccc(Cl)cc1)c1nc2ccccc2s1. The molecule has 0 spiro atoms. The summed E-state index contributed by atoms with van der Waals surface area (Å²) in [6.45, 7) is 7.45. The fourth-order valence-corrected chi connectivity index (χ4v) is 3.97. The molecule has 0 saturated carbocycles. The maximum Gasteiger partial charge on any atom is 0.266 e.